The number of carbonyl (C=O) groups is 2. The third-order valence-electron chi connectivity index (χ3n) is 5.54. The second-order valence-electron chi connectivity index (χ2n) is 7.59. The molecule has 0 radical (unpaired) electrons. The second kappa shape index (κ2) is 8.70. The highest BCUT2D eigenvalue weighted by Gasteiger charge is 2.48. The van der Waals surface area contributed by atoms with Crippen molar-refractivity contribution in [2.45, 2.75) is 13.0 Å². The molecule has 0 spiro atoms. The van der Waals surface area contributed by atoms with Crippen LogP contribution in [0.4, 0.5) is 5.13 Å². The summed E-state index contributed by atoms with van der Waals surface area (Å²) in [6.07, 6.45) is 0. The number of Topliss-reactive ketones (excluding diaryl/α,β-unsaturated/α-hetero) is 1. The van der Waals surface area contributed by atoms with E-state index >= 15 is 0 Å². The van der Waals surface area contributed by atoms with Gasteiger partial charge < -0.3 is 9.84 Å². The highest BCUT2D eigenvalue weighted by molar-refractivity contribution is 7.22. The highest BCUT2D eigenvalue weighted by atomic mass is 35.5. The SMILES string of the molecule is COc1ccc(Cl)cc1/C(O)=C1\C(=O)C(=O)N(c2nc3cc(Cl)c(C)cc3s2)C1c1cccs1. The van der Waals surface area contributed by atoms with Crippen LogP contribution in [0.25, 0.3) is 16.0 Å². The summed E-state index contributed by atoms with van der Waals surface area (Å²) in [5.41, 5.74) is 1.68. The molecule has 3 heterocycles. The molecular formula is C24H16Cl2N2O4S2. The van der Waals surface area contributed by atoms with Gasteiger partial charge in [0.25, 0.3) is 5.78 Å². The van der Waals surface area contributed by atoms with Crippen molar-refractivity contribution in [1.82, 2.24) is 4.98 Å². The first-order valence-corrected chi connectivity index (χ1v) is 12.5. The van der Waals surface area contributed by atoms with Crippen molar-refractivity contribution in [2.75, 3.05) is 12.0 Å². The van der Waals surface area contributed by atoms with Crippen molar-refractivity contribution >= 4 is 78.7 Å². The number of aliphatic hydroxyl groups excluding tert-OH is 1. The summed E-state index contributed by atoms with van der Waals surface area (Å²) in [6.45, 7) is 1.89. The van der Waals surface area contributed by atoms with Gasteiger partial charge in [0.15, 0.2) is 5.13 Å². The quantitative estimate of drug-likeness (QED) is 0.182. The van der Waals surface area contributed by atoms with E-state index < -0.39 is 17.7 Å². The molecule has 1 amide bonds. The fraction of sp³-hybridized carbons (Fsp3) is 0.125. The van der Waals surface area contributed by atoms with Crippen LogP contribution in [0.15, 0.2) is 53.4 Å². The number of fused-ring (bicyclic) bond motifs is 1. The molecule has 10 heteroatoms. The molecule has 0 bridgehead atoms. The van der Waals surface area contributed by atoms with Crippen molar-refractivity contribution in [3.8, 4) is 5.75 Å². The molecule has 0 aliphatic carbocycles. The molecule has 5 rings (SSSR count). The number of methoxy groups -OCH3 is 1. The van der Waals surface area contributed by atoms with Crippen LogP contribution < -0.4 is 9.64 Å². The van der Waals surface area contributed by atoms with Gasteiger partial charge in [0, 0.05) is 14.9 Å². The van der Waals surface area contributed by atoms with E-state index in [0.717, 1.165) is 10.3 Å². The number of thiazole rings is 1. The maximum absolute atomic E-state index is 13.3. The zero-order valence-corrected chi connectivity index (χ0v) is 21.0. The summed E-state index contributed by atoms with van der Waals surface area (Å²) in [7, 11) is 1.45. The number of aryl methyl sites for hydroxylation is 1. The number of halogens is 2. The Labute approximate surface area is 212 Å². The van der Waals surface area contributed by atoms with Crippen molar-refractivity contribution in [2.24, 2.45) is 0 Å². The lowest BCUT2D eigenvalue weighted by atomic mass is 9.99. The molecule has 1 N–H and O–H groups in total. The van der Waals surface area contributed by atoms with Crippen molar-refractivity contribution in [3.63, 3.8) is 0 Å². The van der Waals surface area contributed by atoms with Crippen LogP contribution in [0.5, 0.6) is 5.75 Å². The zero-order valence-electron chi connectivity index (χ0n) is 17.8. The summed E-state index contributed by atoms with van der Waals surface area (Å²) in [4.78, 5) is 33.2. The first-order valence-electron chi connectivity index (χ1n) is 10.0. The Bertz CT molecular complexity index is 1460. The lowest BCUT2D eigenvalue weighted by molar-refractivity contribution is -0.132. The number of amides is 1. The first-order chi connectivity index (χ1) is 16.3. The van der Waals surface area contributed by atoms with Crippen LogP contribution in [-0.4, -0.2) is 28.9 Å². The molecule has 2 aromatic heterocycles. The molecular weight excluding hydrogens is 515 g/mol. The standard InChI is InChI=1S/C24H16Cl2N2O4S2/c1-11-8-18-15(10-14(11)26)27-24(34-18)28-20(17-4-3-7-33-17)19(22(30)23(28)31)21(29)13-9-12(25)5-6-16(13)32-2/h3-10,20,29H,1-2H3/b21-19+. The summed E-state index contributed by atoms with van der Waals surface area (Å²) >= 11 is 15.1. The van der Waals surface area contributed by atoms with Crippen LogP contribution in [0.3, 0.4) is 0 Å². The van der Waals surface area contributed by atoms with Crippen LogP contribution in [0.2, 0.25) is 10.0 Å². The maximum atomic E-state index is 13.3. The van der Waals surface area contributed by atoms with Crippen LogP contribution in [0, 0.1) is 6.92 Å². The van der Waals surface area contributed by atoms with E-state index in [2.05, 4.69) is 4.98 Å². The van der Waals surface area contributed by atoms with E-state index in [-0.39, 0.29) is 16.9 Å². The van der Waals surface area contributed by atoms with Gasteiger partial charge in [-0.15, -0.1) is 11.3 Å². The number of thiophene rings is 1. The Hall–Kier alpha value is -2.91. The lowest BCUT2D eigenvalue weighted by Crippen LogP contribution is -2.28. The van der Waals surface area contributed by atoms with E-state index in [1.165, 1.54) is 40.7 Å². The normalized spacial score (nSPS) is 17.6. The molecule has 34 heavy (non-hydrogen) atoms. The van der Waals surface area contributed by atoms with Gasteiger partial charge in [0.2, 0.25) is 0 Å². The Balaban J connectivity index is 1.74. The van der Waals surface area contributed by atoms with E-state index in [1.807, 2.05) is 30.5 Å². The largest absolute Gasteiger partial charge is 0.507 e. The van der Waals surface area contributed by atoms with Gasteiger partial charge in [-0.1, -0.05) is 40.6 Å². The lowest BCUT2D eigenvalue weighted by Gasteiger charge is -2.21. The molecule has 4 aromatic rings. The Morgan fingerprint density at radius 2 is 1.97 bits per heavy atom. The molecule has 1 saturated heterocycles. The number of ketones is 1. The smallest absolute Gasteiger partial charge is 0.301 e. The number of benzene rings is 2. The summed E-state index contributed by atoms with van der Waals surface area (Å²) in [5, 5.41) is 14.4. The van der Waals surface area contributed by atoms with E-state index in [9.17, 15) is 14.7 Å². The molecule has 1 aliphatic heterocycles. The van der Waals surface area contributed by atoms with E-state index in [4.69, 9.17) is 27.9 Å². The minimum atomic E-state index is -0.860. The topological polar surface area (TPSA) is 79.7 Å². The Morgan fingerprint density at radius 1 is 1.18 bits per heavy atom. The molecule has 6 nitrogen and oxygen atoms in total. The second-order valence-corrected chi connectivity index (χ2v) is 10.4. The van der Waals surface area contributed by atoms with Gasteiger partial charge in [-0.3, -0.25) is 14.5 Å². The summed E-state index contributed by atoms with van der Waals surface area (Å²) < 4.78 is 6.19. The predicted molar refractivity (Wildman–Crippen MR) is 136 cm³/mol. The van der Waals surface area contributed by atoms with E-state index in [0.29, 0.717) is 31.3 Å². The van der Waals surface area contributed by atoms with Crippen molar-refractivity contribution in [1.29, 1.82) is 0 Å². The number of anilines is 1. The number of hydrogen-bond acceptors (Lipinski definition) is 7. The van der Waals surface area contributed by atoms with Gasteiger partial charge in [0.05, 0.1) is 28.5 Å². The number of rotatable bonds is 4. The van der Waals surface area contributed by atoms with Crippen molar-refractivity contribution in [3.05, 3.63) is 79.5 Å². The Morgan fingerprint density at radius 3 is 2.68 bits per heavy atom. The van der Waals surface area contributed by atoms with Gasteiger partial charge in [-0.05, 0) is 54.3 Å². The first kappa shape index (κ1) is 22.9. The molecule has 1 fully saturated rings. The maximum Gasteiger partial charge on any atom is 0.301 e. The molecule has 1 atom stereocenters. The number of hydrogen-bond donors (Lipinski definition) is 1. The van der Waals surface area contributed by atoms with Gasteiger partial charge in [-0.2, -0.15) is 0 Å². The van der Waals surface area contributed by atoms with Crippen LogP contribution in [-0.2, 0) is 9.59 Å². The predicted octanol–water partition coefficient (Wildman–Crippen LogP) is 6.61. The third-order valence-corrected chi connectivity index (χ3v) is 8.12. The molecule has 172 valence electrons. The molecule has 1 aliphatic rings. The summed E-state index contributed by atoms with van der Waals surface area (Å²) in [6, 6.07) is 11.1. The fourth-order valence-electron chi connectivity index (χ4n) is 3.90. The van der Waals surface area contributed by atoms with Gasteiger partial charge in [-0.25, -0.2) is 4.98 Å². The number of aromatic nitrogens is 1. The monoisotopic (exact) mass is 530 g/mol. The average Bonchev–Trinajstić information content (AvgIpc) is 3.53. The Kier molecular flexibility index (Phi) is 5.85. The van der Waals surface area contributed by atoms with Crippen molar-refractivity contribution < 1.29 is 19.4 Å². The third kappa shape index (κ3) is 3.67. The van der Waals surface area contributed by atoms with Gasteiger partial charge in [0.1, 0.15) is 17.6 Å². The number of aliphatic hydroxyl groups is 1. The minimum absolute atomic E-state index is 0.0542. The molecule has 2 aromatic carbocycles. The highest BCUT2D eigenvalue weighted by Crippen LogP contribution is 2.46. The number of ether oxygens (including phenoxy) is 1. The summed E-state index contributed by atoms with van der Waals surface area (Å²) in [5.74, 6) is -1.63. The molecule has 1 unspecified atom stereocenters. The van der Waals surface area contributed by atoms with E-state index in [1.54, 1.807) is 18.2 Å². The number of carbonyl (C=O) groups excluding carboxylic acids is 2. The minimum Gasteiger partial charge on any atom is -0.507 e. The van der Waals surface area contributed by atoms with Crippen LogP contribution >= 0.6 is 45.9 Å². The molecule has 0 saturated carbocycles. The van der Waals surface area contributed by atoms with Crippen LogP contribution in [0.1, 0.15) is 22.0 Å². The fourth-order valence-corrected chi connectivity index (χ4v) is 6.12. The average molecular weight is 531 g/mol. The zero-order chi connectivity index (χ0) is 24.1. The number of nitrogens with zero attached hydrogens (tertiary/aromatic N) is 2. The van der Waals surface area contributed by atoms with Gasteiger partial charge >= 0.3 is 5.91 Å².